The first-order valence-electron chi connectivity index (χ1n) is 4.94. The standard InChI is InChI=1S/C11H14F2IN/c12-10-3-4-11(13)9(7-10)8-15-6-2-1-5-14/h3-4,7,15H,1-2,5-6,8H2. The minimum atomic E-state index is -0.388. The molecule has 0 atom stereocenters. The summed E-state index contributed by atoms with van der Waals surface area (Å²) >= 11 is 2.32. The predicted octanol–water partition coefficient (Wildman–Crippen LogP) is 3.27. The Morgan fingerprint density at radius 3 is 2.73 bits per heavy atom. The highest BCUT2D eigenvalue weighted by atomic mass is 127. The van der Waals surface area contributed by atoms with E-state index in [0.29, 0.717) is 12.1 Å². The van der Waals surface area contributed by atoms with Crippen LogP contribution >= 0.6 is 22.6 Å². The SMILES string of the molecule is Fc1ccc(F)c(CNCCCCI)c1. The Kier molecular flexibility index (Phi) is 6.09. The van der Waals surface area contributed by atoms with E-state index in [4.69, 9.17) is 0 Å². The van der Waals surface area contributed by atoms with Gasteiger partial charge in [0.25, 0.3) is 0 Å². The van der Waals surface area contributed by atoms with E-state index in [0.717, 1.165) is 35.9 Å². The van der Waals surface area contributed by atoms with Crippen LogP contribution in [0.1, 0.15) is 18.4 Å². The highest BCUT2D eigenvalue weighted by molar-refractivity contribution is 14.1. The van der Waals surface area contributed by atoms with Crippen LogP contribution in [0.2, 0.25) is 0 Å². The molecule has 1 aromatic carbocycles. The molecule has 0 aliphatic carbocycles. The largest absolute Gasteiger partial charge is 0.313 e. The van der Waals surface area contributed by atoms with E-state index < -0.39 is 0 Å². The molecule has 0 bridgehead atoms. The Labute approximate surface area is 102 Å². The number of hydrogen-bond donors (Lipinski definition) is 1. The van der Waals surface area contributed by atoms with Crippen LogP contribution in [-0.2, 0) is 6.54 Å². The first kappa shape index (κ1) is 12.8. The minimum absolute atomic E-state index is 0.349. The summed E-state index contributed by atoms with van der Waals surface area (Å²) in [5.41, 5.74) is 0.393. The highest BCUT2D eigenvalue weighted by Crippen LogP contribution is 2.09. The van der Waals surface area contributed by atoms with Crippen molar-refractivity contribution in [3.8, 4) is 0 Å². The smallest absolute Gasteiger partial charge is 0.127 e. The Balaban J connectivity index is 2.33. The molecule has 1 aromatic rings. The number of nitrogens with one attached hydrogen (secondary N) is 1. The maximum absolute atomic E-state index is 13.1. The first-order valence-corrected chi connectivity index (χ1v) is 6.47. The molecule has 0 radical (unpaired) electrons. The average Bonchev–Trinajstić information content (AvgIpc) is 2.23. The fraction of sp³-hybridized carbons (Fsp3) is 0.455. The zero-order chi connectivity index (χ0) is 11.1. The molecule has 0 heterocycles. The van der Waals surface area contributed by atoms with Crippen LogP contribution in [0, 0.1) is 11.6 Å². The summed E-state index contributed by atoms with van der Waals surface area (Å²) in [6, 6.07) is 3.53. The second-order valence-corrected chi connectivity index (χ2v) is 4.39. The van der Waals surface area contributed by atoms with E-state index in [1.165, 1.54) is 6.07 Å². The zero-order valence-corrected chi connectivity index (χ0v) is 10.6. The summed E-state index contributed by atoms with van der Waals surface area (Å²) in [5, 5.41) is 3.09. The van der Waals surface area contributed by atoms with E-state index in [2.05, 4.69) is 27.9 Å². The molecule has 0 saturated heterocycles. The van der Waals surface area contributed by atoms with Gasteiger partial charge < -0.3 is 5.32 Å². The molecule has 1 N–H and O–H groups in total. The van der Waals surface area contributed by atoms with Crippen molar-refractivity contribution in [2.45, 2.75) is 19.4 Å². The molecule has 0 saturated carbocycles. The van der Waals surface area contributed by atoms with E-state index in [-0.39, 0.29) is 11.6 Å². The molecule has 15 heavy (non-hydrogen) atoms. The fourth-order valence-corrected chi connectivity index (χ4v) is 1.79. The van der Waals surface area contributed by atoms with Crippen LogP contribution in [0.5, 0.6) is 0 Å². The van der Waals surface area contributed by atoms with Gasteiger partial charge in [0.05, 0.1) is 0 Å². The molecule has 1 rings (SSSR count). The summed E-state index contributed by atoms with van der Waals surface area (Å²) in [7, 11) is 0. The molecular formula is C11H14F2IN. The topological polar surface area (TPSA) is 12.0 Å². The molecule has 0 aliphatic heterocycles. The van der Waals surface area contributed by atoms with Crippen molar-refractivity contribution >= 4 is 22.6 Å². The number of unbranched alkanes of at least 4 members (excludes halogenated alkanes) is 1. The summed E-state index contributed by atoms with van der Waals surface area (Å²) in [5.74, 6) is -0.738. The molecule has 0 aromatic heterocycles. The van der Waals surface area contributed by atoms with Gasteiger partial charge in [0, 0.05) is 12.1 Å². The van der Waals surface area contributed by atoms with E-state index in [1.807, 2.05) is 0 Å². The Morgan fingerprint density at radius 1 is 1.20 bits per heavy atom. The minimum Gasteiger partial charge on any atom is -0.313 e. The van der Waals surface area contributed by atoms with Crippen LogP contribution < -0.4 is 5.32 Å². The Morgan fingerprint density at radius 2 is 2.00 bits per heavy atom. The third kappa shape index (κ3) is 4.88. The molecule has 4 heteroatoms. The molecule has 0 unspecified atom stereocenters. The van der Waals surface area contributed by atoms with Gasteiger partial charge in [-0.2, -0.15) is 0 Å². The third-order valence-corrected chi connectivity index (χ3v) is 2.82. The zero-order valence-electron chi connectivity index (χ0n) is 8.40. The molecular weight excluding hydrogens is 311 g/mol. The monoisotopic (exact) mass is 325 g/mol. The van der Waals surface area contributed by atoms with Gasteiger partial charge in [-0.15, -0.1) is 0 Å². The van der Waals surface area contributed by atoms with Gasteiger partial charge in [0.1, 0.15) is 11.6 Å². The van der Waals surface area contributed by atoms with Crippen LogP contribution in [0.3, 0.4) is 0 Å². The lowest BCUT2D eigenvalue weighted by Crippen LogP contribution is -2.15. The highest BCUT2D eigenvalue weighted by Gasteiger charge is 2.02. The van der Waals surface area contributed by atoms with Crippen molar-refractivity contribution in [2.75, 3.05) is 11.0 Å². The lowest BCUT2D eigenvalue weighted by molar-refractivity contribution is 0.564. The number of rotatable bonds is 6. The average molecular weight is 325 g/mol. The van der Waals surface area contributed by atoms with Gasteiger partial charge in [-0.3, -0.25) is 0 Å². The quantitative estimate of drug-likeness (QED) is 0.481. The molecule has 0 fully saturated rings. The van der Waals surface area contributed by atoms with Crippen molar-refractivity contribution in [1.82, 2.24) is 5.32 Å². The van der Waals surface area contributed by atoms with Gasteiger partial charge in [-0.05, 0) is 42.0 Å². The van der Waals surface area contributed by atoms with Crippen molar-refractivity contribution < 1.29 is 8.78 Å². The molecule has 1 nitrogen and oxygen atoms in total. The van der Waals surface area contributed by atoms with Crippen LogP contribution in [0.15, 0.2) is 18.2 Å². The summed E-state index contributed by atoms with van der Waals surface area (Å²) in [4.78, 5) is 0. The van der Waals surface area contributed by atoms with Crippen molar-refractivity contribution in [1.29, 1.82) is 0 Å². The van der Waals surface area contributed by atoms with E-state index in [1.54, 1.807) is 0 Å². The van der Waals surface area contributed by atoms with Gasteiger partial charge in [-0.25, -0.2) is 8.78 Å². The second-order valence-electron chi connectivity index (χ2n) is 3.31. The van der Waals surface area contributed by atoms with Gasteiger partial charge >= 0.3 is 0 Å². The van der Waals surface area contributed by atoms with Crippen molar-refractivity contribution in [3.63, 3.8) is 0 Å². The lowest BCUT2D eigenvalue weighted by atomic mass is 10.2. The predicted molar refractivity (Wildman–Crippen MR) is 66.2 cm³/mol. The van der Waals surface area contributed by atoms with Gasteiger partial charge in [0.15, 0.2) is 0 Å². The second kappa shape index (κ2) is 7.11. The van der Waals surface area contributed by atoms with Crippen molar-refractivity contribution in [2.24, 2.45) is 0 Å². The molecule has 0 aliphatic rings. The summed E-state index contributed by atoms with van der Waals surface area (Å²) < 4.78 is 27.1. The lowest BCUT2D eigenvalue weighted by Gasteiger charge is -2.05. The van der Waals surface area contributed by atoms with Gasteiger partial charge in [0.2, 0.25) is 0 Å². The van der Waals surface area contributed by atoms with Crippen molar-refractivity contribution in [3.05, 3.63) is 35.4 Å². The normalized spacial score (nSPS) is 10.6. The number of benzene rings is 1. The van der Waals surface area contributed by atoms with E-state index in [9.17, 15) is 8.78 Å². The Hall–Kier alpha value is -0.230. The van der Waals surface area contributed by atoms with E-state index >= 15 is 0 Å². The van der Waals surface area contributed by atoms with Crippen LogP contribution in [0.25, 0.3) is 0 Å². The molecule has 84 valence electrons. The molecule has 0 spiro atoms. The van der Waals surface area contributed by atoms with Gasteiger partial charge in [-0.1, -0.05) is 22.6 Å². The Bertz CT molecular complexity index is 305. The van der Waals surface area contributed by atoms with Crippen LogP contribution in [0.4, 0.5) is 8.78 Å². The van der Waals surface area contributed by atoms with Crippen LogP contribution in [-0.4, -0.2) is 11.0 Å². The maximum atomic E-state index is 13.1. The first-order chi connectivity index (χ1) is 7.24. The number of hydrogen-bond acceptors (Lipinski definition) is 1. The fourth-order valence-electron chi connectivity index (χ4n) is 1.25. The number of alkyl halides is 1. The maximum Gasteiger partial charge on any atom is 0.127 e. The number of halogens is 3. The summed E-state index contributed by atoms with van der Waals surface area (Å²) in [6.45, 7) is 1.24. The third-order valence-electron chi connectivity index (χ3n) is 2.06. The molecule has 0 amide bonds. The summed E-state index contributed by atoms with van der Waals surface area (Å²) in [6.07, 6.45) is 2.22.